The average Bonchev–Trinajstić information content (AvgIpc) is 3.28. The molecule has 0 radical (unpaired) electrons. The van der Waals surface area contributed by atoms with E-state index >= 15 is 0 Å². The number of ether oxygens (including phenoxy) is 1. The standard InChI is InChI=1S/C21H24N4O4.C2H6/c1-14(2)25-16(10-12-23-25)20-15(7-6-11-22-20)13-29-18-9-5-8-17(26)19(18)21(27)24(3)28-4;1-2/h5-12,14,26H,13H2,1-4H3;1-2H3. The first-order valence-corrected chi connectivity index (χ1v) is 10.2. The summed E-state index contributed by atoms with van der Waals surface area (Å²) in [7, 11) is 2.84. The lowest BCUT2D eigenvalue weighted by molar-refractivity contribution is -0.0760. The molecule has 166 valence electrons. The van der Waals surface area contributed by atoms with Gasteiger partial charge in [-0.25, -0.2) is 5.06 Å². The van der Waals surface area contributed by atoms with E-state index in [4.69, 9.17) is 9.57 Å². The highest BCUT2D eigenvalue weighted by atomic mass is 16.7. The minimum atomic E-state index is -0.509. The first-order chi connectivity index (χ1) is 14.9. The largest absolute Gasteiger partial charge is 0.507 e. The Kier molecular flexibility index (Phi) is 8.57. The van der Waals surface area contributed by atoms with Crippen molar-refractivity contribution in [1.82, 2.24) is 19.8 Å². The molecule has 2 aromatic heterocycles. The Morgan fingerprint density at radius 3 is 2.58 bits per heavy atom. The van der Waals surface area contributed by atoms with Gasteiger partial charge in [0.25, 0.3) is 5.91 Å². The van der Waals surface area contributed by atoms with Crippen molar-refractivity contribution in [3.8, 4) is 22.9 Å². The number of hydrogen-bond donors (Lipinski definition) is 1. The number of pyridine rings is 1. The van der Waals surface area contributed by atoms with Crippen molar-refractivity contribution >= 4 is 5.91 Å². The number of phenols is 1. The molecular formula is C23H30N4O4. The maximum atomic E-state index is 12.5. The number of amides is 1. The van der Waals surface area contributed by atoms with E-state index in [1.807, 2.05) is 50.6 Å². The van der Waals surface area contributed by atoms with Crippen LogP contribution in [0.4, 0.5) is 0 Å². The second kappa shape index (κ2) is 11.1. The smallest absolute Gasteiger partial charge is 0.284 e. The Hall–Kier alpha value is -3.39. The molecule has 0 aliphatic carbocycles. The molecule has 1 aromatic carbocycles. The quantitative estimate of drug-likeness (QED) is 0.561. The summed E-state index contributed by atoms with van der Waals surface area (Å²) in [5.41, 5.74) is 2.50. The van der Waals surface area contributed by atoms with Gasteiger partial charge in [-0.1, -0.05) is 26.0 Å². The Balaban J connectivity index is 0.00000166. The van der Waals surface area contributed by atoms with E-state index < -0.39 is 5.91 Å². The predicted octanol–water partition coefficient (Wildman–Crippen LogP) is 4.47. The third-order valence-corrected chi connectivity index (χ3v) is 4.45. The van der Waals surface area contributed by atoms with Crippen LogP contribution in [-0.4, -0.2) is 45.0 Å². The lowest BCUT2D eigenvalue weighted by Crippen LogP contribution is -2.26. The van der Waals surface area contributed by atoms with E-state index in [0.717, 1.165) is 22.0 Å². The molecule has 0 atom stereocenters. The molecule has 0 aliphatic rings. The Bertz CT molecular complexity index is 1000. The number of phenolic OH excluding ortho intramolecular Hbond substituents is 1. The molecule has 0 saturated carbocycles. The number of hydroxylamine groups is 2. The normalized spacial score (nSPS) is 10.4. The highest BCUT2D eigenvalue weighted by Crippen LogP contribution is 2.30. The van der Waals surface area contributed by atoms with Gasteiger partial charge in [0.15, 0.2) is 0 Å². The van der Waals surface area contributed by atoms with E-state index in [9.17, 15) is 9.90 Å². The van der Waals surface area contributed by atoms with E-state index in [1.54, 1.807) is 24.5 Å². The zero-order valence-electron chi connectivity index (χ0n) is 18.9. The van der Waals surface area contributed by atoms with Crippen LogP contribution in [0.25, 0.3) is 11.4 Å². The molecule has 0 saturated heterocycles. The van der Waals surface area contributed by atoms with Gasteiger partial charge in [-0.3, -0.25) is 19.3 Å². The SMILES string of the molecule is CC.CON(C)C(=O)c1c(O)cccc1OCc1cccnc1-c1ccnn1C(C)C. The molecular weight excluding hydrogens is 396 g/mol. The van der Waals surface area contributed by atoms with Gasteiger partial charge in [0.05, 0.1) is 18.5 Å². The van der Waals surface area contributed by atoms with E-state index in [1.165, 1.54) is 20.2 Å². The molecule has 3 aromatic rings. The number of nitrogens with zero attached hydrogens (tertiary/aromatic N) is 4. The maximum Gasteiger partial charge on any atom is 0.284 e. The number of carbonyl (C=O) groups is 1. The van der Waals surface area contributed by atoms with Gasteiger partial charge in [-0.05, 0) is 38.1 Å². The zero-order chi connectivity index (χ0) is 23.0. The molecule has 0 unspecified atom stereocenters. The number of rotatable bonds is 7. The van der Waals surface area contributed by atoms with E-state index in [2.05, 4.69) is 10.1 Å². The summed E-state index contributed by atoms with van der Waals surface area (Å²) < 4.78 is 7.82. The van der Waals surface area contributed by atoms with Gasteiger partial charge in [0.2, 0.25) is 0 Å². The van der Waals surface area contributed by atoms with Crippen LogP contribution < -0.4 is 4.74 Å². The lowest BCUT2D eigenvalue weighted by atomic mass is 10.1. The van der Waals surface area contributed by atoms with Gasteiger partial charge in [-0.2, -0.15) is 5.10 Å². The van der Waals surface area contributed by atoms with Crippen LogP contribution in [0.2, 0.25) is 0 Å². The molecule has 1 amide bonds. The fraction of sp³-hybridized carbons (Fsp3) is 0.348. The average molecular weight is 427 g/mol. The maximum absolute atomic E-state index is 12.5. The lowest BCUT2D eigenvalue weighted by Gasteiger charge is -2.18. The van der Waals surface area contributed by atoms with Crippen molar-refractivity contribution in [2.24, 2.45) is 0 Å². The number of hydrogen-bond acceptors (Lipinski definition) is 6. The van der Waals surface area contributed by atoms with Crippen LogP contribution in [0.15, 0.2) is 48.8 Å². The fourth-order valence-electron chi connectivity index (χ4n) is 2.95. The van der Waals surface area contributed by atoms with E-state index in [-0.39, 0.29) is 29.7 Å². The minimum absolute atomic E-state index is 0.0366. The fourth-order valence-corrected chi connectivity index (χ4v) is 2.95. The Morgan fingerprint density at radius 1 is 1.16 bits per heavy atom. The minimum Gasteiger partial charge on any atom is -0.507 e. The van der Waals surface area contributed by atoms with Gasteiger partial charge in [0, 0.05) is 31.0 Å². The van der Waals surface area contributed by atoms with Crippen LogP contribution in [0, 0.1) is 0 Å². The van der Waals surface area contributed by atoms with Crippen LogP contribution in [0.1, 0.15) is 49.7 Å². The third kappa shape index (κ3) is 5.40. The highest BCUT2D eigenvalue weighted by Gasteiger charge is 2.22. The topological polar surface area (TPSA) is 89.7 Å². The van der Waals surface area contributed by atoms with Gasteiger partial charge in [0.1, 0.15) is 23.7 Å². The molecule has 31 heavy (non-hydrogen) atoms. The second-order valence-electron chi connectivity index (χ2n) is 6.69. The van der Waals surface area contributed by atoms with Crippen molar-refractivity contribution in [2.75, 3.05) is 14.2 Å². The van der Waals surface area contributed by atoms with Gasteiger partial charge in [-0.15, -0.1) is 0 Å². The summed E-state index contributed by atoms with van der Waals surface area (Å²) in [6.45, 7) is 8.26. The highest BCUT2D eigenvalue weighted by molar-refractivity contribution is 5.98. The van der Waals surface area contributed by atoms with Crippen LogP contribution >= 0.6 is 0 Å². The monoisotopic (exact) mass is 426 g/mol. The zero-order valence-corrected chi connectivity index (χ0v) is 18.9. The van der Waals surface area contributed by atoms with Gasteiger partial charge >= 0.3 is 0 Å². The van der Waals surface area contributed by atoms with Crippen LogP contribution in [-0.2, 0) is 11.4 Å². The second-order valence-corrected chi connectivity index (χ2v) is 6.69. The van der Waals surface area contributed by atoms with Crippen molar-refractivity contribution < 1.29 is 19.5 Å². The van der Waals surface area contributed by atoms with Crippen molar-refractivity contribution in [1.29, 1.82) is 0 Å². The number of carbonyl (C=O) groups excluding carboxylic acids is 1. The molecule has 1 N–H and O–H groups in total. The number of aromatic hydroxyl groups is 1. The van der Waals surface area contributed by atoms with Crippen molar-refractivity contribution in [3.05, 3.63) is 59.9 Å². The summed E-state index contributed by atoms with van der Waals surface area (Å²) in [5.74, 6) is -0.434. The molecule has 8 nitrogen and oxygen atoms in total. The number of aromatic nitrogens is 3. The van der Waals surface area contributed by atoms with Crippen LogP contribution in [0.5, 0.6) is 11.5 Å². The molecule has 0 spiro atoms. The number of benzene rings is 1. The summed E-state index contributed by atoms with van der Waals surface area (Å²) >= 11 is 0. The Morgan fingerprint density at radius 2 is 1.90 bits per heavy atom. The third-order valence-electron chi connectivity index (χ3n) is 4.45. The summed E-state index contributed by atoms with van der Waals surface area (Å²) in [6, 6.07) is 10.5. The predicted molar refractivity (Wildman–Crippen MR) is 119 cm³/mol. The summed E-state index contributed by atoms with van der Waals surface area (Å²) in [6.07, 6.45) is 3.45. The molecule has 8 heteroatoms. The first-order valence-electron chi connectivity index (χ1n) is 10.2. The van der Waals surface area contributed by atoms with Crippen molar-refractivity contribution in [2.45, 2.75) is 40.3 Å². The molecule has 0 bridgehead atoms. The summed E-state index contributed by atoms with van der Waals surface area (Å²) in [5, 5.41) is 15.6. The van der Waals surface area contributed by atoms with Gasteiger partial charge < -0.3 is 9.84 Å². The molecule has 3 rings (SSSR count). The first kappa shape index (κ1) is 23.9. The molecule has 0 fully saturated rings. The van der Waals surface area contributed by atoms with Crippen molar-refractivity contribution in [3.63, 3.8) is 0 Å². The summed E-state index contributed by atoms with van der Waals surface area (Å²) in [4.78, 5) is 22.0. The van der Waals surface area contributed by atoms with Crippen LogP contribution in [0.3, 0.4) is 0 Å². The molecule has 2 heterocycles. The molecule has 0 aliphatic heterocycles. The Labute approximate surface area is 183 Å². The van der Waals surface area contributed by atoms with E-state index in [0.29, 0.717) is 0 Å².